The first-order chi connectivity index (χ1) is 10.9. The number of hydrogen-bond donors (Lipinski definition) is 1. The fraction of sp³-hybridized carbons (Fsp3) is 0.632. The van der Waals surface area contributed by atoms with E-state index in [0.717, 1.165) is 37.1 Å². The predicted molar refractivity (Wildman–Crippen MR) is 95.0 cm³/mol. The van der Waals surface area contributed by atoms with Crippen molar-refractivity contribution < 1.29 is 14.3 Å². The molecule has 4 nitrogen and oxygen atoms in total. The Kier molecular flexibility index (Phi) is 8.10. The molecular weight excluding hydrogens is 290 g/mol. The van der Waals surface area contributed by atoms with Crippen LogP contribution in [0.25, 0.3) is 0 Å². The molecule has 0 saturated heterocycles. The number of nitrogens with one attached hydrogen (secondary N) is 1. The van der Waals surface area contributed by atoms with Gasteiger partial charge < -0.3 is 14.8 Å². The predicted octanol–water partition coefficient (Wildman–Crippen LogP) is 4.79. The number of carbonyl (C=O) groups excluding carboxylic acids is 1. The van der Waals surface area contributed by atoms with Crippen LogP contribution in [0.3, 0.4) is 0 Å². The molecule has 0 saturated carbocycles. The first kappa shape index (κ1) is 19.5. The average Bonchev–Trinajstić information content (AvgIpc) is 2.54. The smallest absolute Gasteiger partial charge is 0.256 e. The summed E-state index contributed by atoms with van der Waals surface area (Å²) in [4.78, 5) is 12.6. The van der Waals surface area contributed by atoms with Gasteiger partial charge in [0.1, 0.15) is 11.4 Å². The molecule has 0 aromatic heterocycles. The van der Waals surface area contributed by atoms with Crippen LogP contribution >= 0.6 is 0 Å². The van der Waals surface area contributed by atoms with E-state index >= 15 is 0 Å². The SMILES string of the molecule is CCCC[C@@](C)(OCC)C(=O)Nc1ccc(O[C@@H](C)CC)cc1. The molecule has 0 bridgehead atoms. The number of ether oxygens (including phenoxy) is 2. The highest BCUT2D eigenvalue weighted by molar-refractivity contribution is 5.97. The molecule has 1 N–H and O–H groups in total. The van der Waals surface area contributed by atoms with E-state index in [2.05, 4.69) is 19.2 Å². The standard InChI is InChI=1S/C19H31NO3/c1-6-9-14-19(5,22-8-3)18(21)20-16-10-12-17(13-11-16)23-15(4)7-2/h10-13,15H,6-9,14H2,1-5H3,(H,20,21)/t15-,19+/m0/s1. The molecule has 4 heteroatoms. The van der Waals surface area contributed by atoms with Crippen LogP contribution in [0.15, 0.2) is 24.3 Å². The zero-order valence-electron chi connectivity index (χ0n) is 15.1. The van der Waals surface area contributed by atoms with Gasteiger partial charge in [0.2, 0.25) is 0 Å². The van der Waals surface area contributed by atoms with Crippen molar-refractivity contribution in [3.63, 3.8) is 0 Å². The molecule has 0 aliphatic heterocycles. The van der Waals surface area contributed by atoms with Crippen molar-refractivity contribution in [2.24, 2.45) is 0 Å². The van der Waals surface area contributed by atoms with Crippen molar-refractivity contribution in [3.05, 3.63) is 24.3 Å². The lowest BCUT2D eigenvalue weighted by molar-refractivity contribution is -0.139. The van der Waals surface area contributed by atoms with E-state index in [0.29, 0.717) is 6.61 Å². The van der Waals surface area contributed by atoms with E-state index in [-0.39, 0.29) is 12.0 Å². The minimum Gasteiger partial charge on any atom is -0.491 e. The number of hydrogen-bond acceptors (Lipinski definition) is 3. The Hall–Kier alpha value is -1.55. The second-order valence-corrected chi connectivity index (χ2v) is 6.08. The van der Waals surface area contributed by atoms with Gasteiger partial charge in [0.15, 0.2) is 0 Å². The van der Waals surface area contributed by atoms with E-state index in [4.69, 9.17) is 9.47 Å². The van der Waals surface area contributed by atoms with Crippen LogP contribution < -0.4 is 10.1 Å². The lowest BCUT2D eigenvalue weighted by Crippen LogP contribution is -2.42. The first-order valence-electron chi connectivity index (χ1n) is 8.67. The summed E-state index contributed by atoms with van der Waals surface area (Å²) in [6, 6.07) is 7.49. The third-order valence-corrected chi connectivity index (χ3v) is 3.97. The molecule has 0 radical (unpaired) electrons. The van der Waals surface area contributed by atoms with Gasteiger partial charge in [0.05, 0.1) is 6.10 Å². The molecule has 0 aliphatic rings. The molecule has 1 aromatic rings. The van der Waals surface area contributed by atoms with Gasteiger partial charge in [-0.15, -0.1) is 0 Å². The van der Waals surface area contributed by atoms with Crippen LogP contribution in [0.4, 0.5) is 5.69 Å². The molecule has 1 aromatic carbocycles. The largest absolute Gasteiger partial charge is 0.491 e. The molecule has 0 heterocycles. The van der Waals surface area contributed by atoms with Crippen LogP contribution in [0.5, 0.6) is 5.75 Å². The maximum atomic E-state index is 12.6. The van der Waals surface area contributed by atoms with E-state index in [1.807, 2.05) is 45.0 Å². The number of benzene rings is 1. The Morgan fingerprint density at radius 2 is 1.87 bits per heavy atom. The minimum atomic E-state index is -0.781. The van der Waals surface area contributed by atoms with Gasteiger partial charge >= 0.3 is 0 Å². The maximum Gasteiger partial charge on any atom is 0.256 e. The summed E-state index contributed by atoms with van der Waals surface area (Å²) in [6.07, 6.45) is 3.87. The number of unbranched alkanes of at least 4 members (excludes halogenated alkanes) is 1. The fourth-order valence-electron chi connectivity index (χ4n) is 2.28. The Morgan fingerprint density at radius 1 is 1.22 bits per heavy atom. The summed E-state index contributed by atoms with van der Waals surface area (Å²) in [5.41, 5.74) is -0.0228. The third-order valence-electron chi connectivity index (χ3n) is 3.97. The molecule has 0 spiro atoms. The molecule has 0 unspecified atom stereocenters. The maximum absolute atomic E-state index is 12.6. The van der Waals surface area contributed by atoms with Crippen LogP contribution in [-0.2, 0) is 9.53 Å². The number of amides is 1. The lowest BCUT2D eigenvalue weighted by atomic mass is 9.97. The minimum absolute atomic E-state index is 0.0941. The van der Waals surface area contributed by atoms with E-state index in [1.165, 1.54) is 0 Å². The van der Waals surface area contributed by atoms with Crippen LogP contribution in [0, 0.1) is 0 Å². The van der Waals surface area contributed by atoms with Gasteiger partial charge in [-0.05, 0) is 57.9 Å². The summed E-state index contributed by atoms with van der Waals surface area (Å²) in [6.45, 7) is 10.5. The molecule has 0 fully saturated rings. The lowest BCUT2D eigenvalue weighted by Gasteiger charge is -2.28. The molecule has 0 aliphatic carbocycles. The highest BCUT2D eigenvalue weighted by Crippen LogP contribution is 2.23. The van der Waals surface area contributed by atoms with Crippen molar-refractivity contribution in [1.82, 2.24) is 0 Å². The molecule has 2 atom stereocenters. The molecular formula is C19H31NO3. The fourth-order valence-corrected chi connectivity index (χ4v) is 2.28. The summed E-state index contributed by atoms with van der Waals surface area (Å²) in [5.74, 6) is 0.722. The Balaban J connectivity index is 2.70. The van der Waals surface area contributed by atoms with Gasteiger partial charge in [0.25, 0.3) is 5.91 Å². The summed E-state index contributed by atoms with van der Waals surface area (Å²) in [7, 11) is 0. The van der Waals surface area contributed by atoms with Crippen molar-refractivity contribution in [3.8, 4) is 5.75 Å². The highest BCUT2D eigenvalue weighted by Gasteiger charge is 2.33. The van der Waals surface area contributed by atoms with Crippen LogP contribution in [0.2, 0.25) is 0 Å². The van der Waals surface area contributed by atoms with Crippen molar-refractivity contribution >= 4 is 11.6 Å². The number of anilines is 1. The normalized spacial score (nSPS) is 14.8. The van der Waals surface area contributed by atoms with Crippen LogP contribution in [-0.4, -0.2) is 24.2 Å². The monoisotopic (exact) mass is 321 g/mol. The topological polar surface area (TPSA) is 47.6 Å². The zero-order chi connectivity index (χ0) is 17.3. The Morgan fingerprint density at radius 3 is 2.39 bits per heavy atom. The molecule has 23 heavy (non-hydrogen) atoms. The van der Waals surface area contributed by atoms with Crippen molar-refractivity contribution in [2.75, 3.05) is 11.9 Å². The van der Waals surface area contributed by atoms with E-state index < -0.39 is 5.60 Å². The Labute approximate surface area is 140 Å². The number of rotatable bonds is 10. The molecule has 1 amide bonds. The van der Waals surface area contributed by atoms with E-state index in [9.17, 15) is 4.79 Å². The van der Waals surface area contributed by atoms with Gasteiger partial charge in [-0.2, -0.15) is 0 Å². The second kappa shape index (κ2) is 9.56. The molecule has 1 rings (SSSR count). The van der Waals surface area contributed by atoms with Gasteiger partial charge in [0, 0.05) is 12.3 Å². The number of carbonyl (C=O) groups is 1. The second-order valence-electron chi connectivity index (χ2n) is 6.08. The summed E-state index contributed by atoms with van der Waals surface area (Å²) >= 11 is 0. The first-order valence-corrected chi connectivity index (χ1v) is 8.67. The zero-order valence-corrected chi connectivity index (χ0v) is 15.1. The molecule has 130 valence electrons. The van der Waals surface area contributed by atoms with Crippen molar-refractivity contribution in [2.45, 2.75) is 72.0 Å². The Bertz CT molecular complexity index is 472. The van der Waals surface area contributed by atoms with Gasteiger partial charge in [-0.25, -0.2) is 0 Å². The van der Waals surface area contributed by atoms with Gasteiger partial charge in [-0.3, -0.25) is 4.79 Å². The van der Waals surface area contributed by atoms with E-state index in [1.54, 1.807) is 0 Å². The highest BCUT2D eigenvalue weighted by atomic mass is 16.5. The summed E-state index contributed by atoms with van der Waals surface area (Å²) < 4.78 is 11.5. The average molecular weight is 321 g/mol. The quantitative estimate of drug-likeness (QED) is 0.674. The van der Waals surface area contributed by atoms with Crippen molar-refractivity contribution in [1.29, 1.82) is 0 Å². The van der Waals surface area contributed by atoms with Gasteiger partial charge in [-0.1, -0.05) is 26.7 Å². The van der Waals surface area contributed by atoms with Crippen LogP contribution in [0.1, 0.15) is 60.3 Å². The summed E-state index contributed by atoms with van der Waals surface area (Å²) in [5, 5.41) is 2.95. The third kappa shape index (κ3) is 6.22.